The quantitative estimate of drug-likeness (QED) is 0.930. The molecule has 2 amide bonds. The van der Waals surface area contributed by atoms with Gasteiger partial charge in [-0.05, 0) is 18.6 Å². The first-order chi connectivity index (χ1) is 9.16. The summed E-state index contributed by atoms with van der Waals surface area (Å²) in [6, 6.07) is 0.375. The molecule has 1 aliphatic heterocycles. The van der Waals surface area contributed by atoms with Gasteiger partial charge in [-0.15, -0.1) is 11.3 Å². The third kappa shape index (κ3) is 4.38. The molecule has 0 aromatic carbocycles. The van der Waals surface area contributed by atoms with Crippen LogP contribution in [0.4, 0.5) is 4.79 Å². The van der Waals surface area contributed by atoms with Crippen molar-refractivity contribution in [2.24, 2.45) is 0 Å². The zero-order chi connectivity index (χ0) is 13.7. The lowest BCUT2D eigenvalue weighted by atomic mass is 10.2. The van der Waals surface area contributed by atoms with Crippen LogP contribution in [0.5, 0.6) is 0 Å². The maximum absolute atomic E-state index is 12.1. The van der Waals surface area contributed by atoms with Gasteiger partial charge < -0.3 is 10.2 Å². The standard InChI is InChI=1S/C13H21N3OS2/c1-10(12-14-5-7-19-12)8-16(2)13(17)15-11-4-3-6-18-9-11/h5,7,10-11H,3-4,6,8-9H2,1-2H3,(H,15,17)/t10-,11+/m0/s1. The van der Waals surface area contributed by atoms with Crippen LogP contribution in [0, 0.1) is 0 Å². The van der Waals surface area contributed by atoms with E-state index >= 15 is 0 Å². The second kappa shape index (κ2) is 7.14. The maximum Gasteiger partial charge on any atom is 0.317 e. The minimum absolute atomic E-state index is 0.0379. The van der Waals surface area contributed by atoms with Crippen molar-refractivity contribution < 1.29 is 4.79 Å². The van der Waals surface area contributed by atoms with Crippen LogP contribution in [0.3, 0.4) is 0 Å². The molecule has 0 unspecified atom stereocenters. The van der Waals surface area contributed by atoms with Gasteiger partial charge in [0, 0.05) is 42.9 Å². The molecule has 0 bridgehead atoms. The molecule has 0 radical (unpaired) electrons. The Kier molecular flexibility index (Phi) is 5.51. The van der Waals surface area contributed by atoms with Crippen LogP contribution < -0.4 is 5.32 Å². The first-order valence-corrected chi connectivity index (χ1v) is 8.69. The molecule has 2 atom stereocenters. The fraction of sp³-hybridized carbons (Fsp3) is 0.692. The summed E-state index contributed by atoms with van der Waals surface area (Å²) < 4.78 is 0. The molecule has 1 aromatic rings. The predicted octanol–water partition coefficient (Wildman–Crippen LogP) is 2.78. The fourth-order valence-corrected chi connectivity index (χ4v) is 3.95. The van der Waals surface area contributed by atoms with Crippen molar-refractivity contribution in [1.82, 2.24) is 15.2 Å². The maximum atomic E-state index is 12.1. The topological polar surface area (TPSA) is 45.2 Å². The molecule has 1 fully saturated rings. The monoisotopic (exact) mass is 299 g/mol. The Balaban J connectivity index is 1.78. The normalized spacial score (nSPS) is 20.8. The van der Waals surface area contributed by atoms with E-state index in [0.29, 0.717) is 12.6 Å². The van der Waals surface area contributed by atoms with E-state index in [1.165, 1.54) is 12.2 Å². The Morgan fingerprint density at radius 1 is 1.68 bits per heavy atom. The number of nitrogens with one attached hydrogen (secondary N) is 1. The Morgan fingerprint density at radius 2 is 2.53 bits per heavy atom. The fourth-order valence-electron chi connectivity index (χ4n) is 2.19. The van der Waals surface area contributed by atoms with Crippen molar-refractivity contribution in [2.45, 2.75) is 31.7 Å². The number of hydrogen-bond acceptors (Lipinski definition) is 4. The van der Waals surface area contributed by atoms with E-state index < -0.39 is 0 Å². The Labute approximate surface area is 123 Å². The molecule has 2 heterocycles. The molecule has 2 rings (SSSR count). The van der Waals surface area contributed by atoms with Gasteiger partial charge in [-0.2, -0.15) is 11.8 Å². The summed E-state index contributed by atoms with van der Waals surface area (Å²) in [4.78, 5) is 18.2. The summed E-state index contributed by atoms with van der Waals surface area (Å²) in [6.45, 7) is 2.82. The smallest absolute Gasteiger partial charge is 0.317 e. The third-order valence-corrected chi connectivity index (χ3v) is 5.48. The van der Waals surface area contributed by atoms with Crippen molar-refractivity contribution >= 4 is 29.1 Å². The minimum Gasteiger partial charge on any atom is -0.334 e. The average Bonchev–Trinajstić information content (AvgIpc) is 2.93. The number of carbonyl (C=O) groups is 1. The van der Waals surface area contributed by atoms with Crippen LogP contribution in [0.2, 0.25) is 0 Å². The van der Waals surface area contributed by atoms with Gasteiger partial charge in [-0.1, -0.05) is 6.92 Å². The Morgan fingerprint density at radius 3 is 3.16 bits per heavy atom. The molecule has 1 aromatic heterocycles. The molecule has 0 saturated carbocycles. The second-order valence-electron chi connectivity index (χ2n) is 5.02. The molecule has 19 heavy (non-hydrogen) atoms. The van der Waals surface area contributed by atoms with Gasteiger partial charge in [0.15, 0.2) is 0 Å². The molecule has 0 spiro atoms. The summed E-state index contributed by atoms with van der Waals surface area (Å²) >= 11 is 3.57. The number of nitrogens with zero attached hydrogens (tertiary/aromatic N) is 2. The molecular weight excluding hydrogens is 278 g/mol. The molecule has 4 nitrogen and oxygen atoms in total. The molecule has 0 aliphatic carbocycles. The number of carbonyl (C=O) groups excluding carboxylic acids is 1. The summed E-state index contributed by atoms with van der Waals surface area (Å²) in [7, 11) is 1.86. The molecule has 1 saturated heterocycles. The molecule has 106 valence electrons. The Bertz CT molecular complexity index is 391. The van der Waals surface area contributed by atoms with E-state index in [1.54, 1.807) is 16.2 Å². The highest BCUT2D eigenvalue weighted by Crippen LogP contribution is 2.19. The van der Waals surface area contributed by atoms with Gasteiger partial charge in [-0.3, -0.25) is 0 Å². The summed E-state index contributed by atoms with van der Waals surface area (Å²) in [5, 5.41) is 6.19. The van der Waals surface area contributed by atoms with Gasteiger partial charge in [-0.25, -0.2) is 9.78 Å². The number of hydrogen-bond donors (Lipinski definition) is 1. The van der Waals surface area contributed by atoms with E-state index in [-0.39, 0.29) is 11.9 Å². The van der Waals surface area contributed by atoms with Gasteiger partial charge in [0.05, 0.1) is 5.01 Å². The van der Waals surface area contributed by atoms with E-state index in [2.05, 4.69) is 17.2 Å². The van der Waals surface area contributed by atoms with Gasteiger partial charge >= 0.3 is 6.03 Å². The number of thioether (sulfide) groups is 1. The first kappa shape index (κ1) is 14.7. The van der Waals surface area contributed by atoms with Gasteiger partial charge in [0.2, 0.25) is 0 Å². The van der Waals surface area contributed by atoms with Crippen LogP contribution in [-0.2, 0) is 0 Å². The van der Waals surface area contributed by atoms with Crippen molar-refractivity contribution in [3.8, 4) is 0 Å². The summed E-state index contributed by atoms with van der Waals surface area (Å²) in [5.74, 6) is 2.56. The van der Waals surface area contributed by atoms with Crippen LogP contribution in [0.1, 0.15) is 30.7 Å². The number of urea groups is 1. The number of aromatic nitrogens is 1. The average molecular weight is 299 g/mol. The zero-order valence-corrected chi connectivity index (χ0v) is 13.1. The van der Waals surface area contributed by atoms with Crippen LogP contribution in [-0.4, -0.2) is 47.1 Å². The second-order valence-corrected chi connectivity index (χ2v) is 7.09. The van der Waals surface area contributed by atoms with Gasteiger partial charge in [0.1, 0.15) is 0 Å². The first-order valence-electron chi connectivity index (χ1n) is 6.65. The van der Waals surface area contributed by atoms with E-state index in [0.717, 1.165) is 17.2 Å². The summed E-state index contributed by atoms with van der Waals surface area (Å²) in [6.07, 6.45) is 4.12. The lowest BCUT2D eigenvalue weighted by Gasteiger charge is -2.27. The molecule has 1 aliphatic rings. The highest BCUT2D eigenvalue weighted by Gasteiger charge is 2.20. The summed E-state index contributed by atoms with van der Waals surface area (Å²) in [5.41, 5.74) is 0. The highest BCUT2D eigenvalue weighted by atomic mass is 32.2. The number of thiazole rings is 1. The van der Waals surface area contributed by atoms with Crippen LogP contribution in [0.15, 0.2) is 11.6 Å². The third-order valence-electron chi connectivity index (χ3n) is 3.26. The molecule has 6 heteroatoms. The molecular formula is C13H21N3OS2. The lowest BCUT2D eigenvalue weighted by molar-refractivity contribution is 0.202. The van der Waals surface area contributed by atoms with Crippen molar-refractivity contribution in [3.05, 3.63) is 16.6 Å². The molecule has 1 N–H and O–H groups in total. The lowest BCUT2D eigenvalue weighted by Crippen LogP contribution is -2.46. The highest BCUT2D eigenvalue weighted by molar-refractivity contribution is 7.99. The van der Waals surface area contributed by atoms with E-state index in [1.807, 2.05) is 30.4 Å². The van der Waals surface area contributed by atoms with Crippen molar-refractivity contribution in [3.63, 3.8) is 0 Å². The van der Waals surface area contributed by atoms with Crippen molar-refractivity contribution in [2.75, 3.05) is 25.1 Å². The van der Waals surface area contributed by atoms with E-state index in [9.17, 15) is 4.79 Å². The van der Waals surface area contributed by atoms with Crippen LogP contribution in [0.25, 0.3) is 0 Å². The Hall–Kier alpha value is -0.750. The predicted molar refractivity (Wildman–Crippen MR) is 82.0 cm³/mol. The minimum atomic E-state index is 0.0379. The van der Waals surface area contributed by atoms with Gasteiger partial charge in [0.25, 0.3) is 0 Å². The number of rotatable bonds is 4. The number of likely N-dealkylation sites (N-methyl/N-ethyl adjacent to an activating group) is 1. The SMILES string of the molecule is C[C@@H](CN(C)C(=O)N[C@@H]1CCCSC1)c1nccs1. The van der Waals surface area contributed by atoms with E-state index in [4.69, 9.17) is 0 Å². The van der Waals surface area contributed by atoms with Crippen LogP contribution >= 0.6 is 23.1 Å². The largest absolute Gasteiger partial charge is 0.334 e. The van der Waals surface area contributed by atoms with Crippen molar-refractivity contribution in [1.29, 1.82) is 0 Å². The number of amides is 2. The zero-order valence-electron chi connectivity index (χ0n) is 11.5.